The molecule has 0 aliphatic heterocycles. The van der Waals surface area contributed by atoms with Crippen LogP contribution in [0.3, 0.4) is 0 Å². The van der Waals surface area contributed by atoms with E-state index < -0.39 is 0 Å². The number of carbonyl (C=O) groups is 1. The van der Waals surface area contributed by atoms with Crippen LogP contribution in [0.1, 0.15) is 33.6 Å². The summed E-state index contributed by atoms with van der Waals surface area (Å²) in [5, 5.41) is 2.98. The maximum Gasteiger partial charge on any atom is 0.305 e. The van der Waals surface area contributed by atoms with Crippen molar-refractivity contribution in [2.45, 2.75) is 39.2 Å². The molecule has 0 saturated carbocycles. The van der Waals surface area contributed by atoms with Crippen LogP contribution in [0.5, 0.6) is 0 Å². The third kappa shape index (κ3) is 11.3. The lowest BCUT2D eigenvalue weighted by Gasteiger charge is -2.19. The molecule has 0 rings (SSSR count). The highest BCUT2D eigenvalue weighted by Crippen LogP contribution is 2.05. The summed E-state index contributed by atoms with van der Waals surface area (Å²) in [5.74, 6) is -0.150. The topological polar surface area (TPSA) is 47.6 Å². The van der Waals surface area contributed by atoms with E-state index in [0.717, 1.165) is 13.0 Å². The van der Waals surface area contributed by atoms with Crippen molar-refractivity contribution in [1.29, 1.82) is 0 Å². The minimum absolute atomic E-state index is 0.150. The molecule has 0 spiro atoms. The summed E-state index contributed by atoms with van der Waals surface area (Å²) in [7, 11) is 1.86. The lowest BCUT2D eigenvalue weighted by molar-refractivity contribution is -0.146. The Kier molecular flexibility index (Phi) is 7.34. The number of esters is 1. The molecule has 0 amide bonds. The zero-order valence-electron chi connectivity index (χ0n) is 10.3. The van der Waals surface area contributed by atoms with Crippen LogP contribution in [0.25, 0.3) is 0 Å². The number of hydrogen-bond acceptors (Lipinski definition) is 4. The Bertz CT molecular complexity index is 175. The van der Waals surface area contributed by atoms with Gasteiger partial charge in [-0.25, -0.2) is 0 Å². The Morgan fingerprint density at radius 2 is 1.93 bits per heavy atom. The first-order chi connectivity index (χ1) is 6.95. The molecule has 15 heavy (non-hydrogen) atoms. The molecule has 0 radical (unpaired) electrons. The van der Waals surface area contributed by atoms with Crippen molar-refractivity contribution in [2.75, 3.05) is 26.8 Å². The van der Waals surface area contributed by atoms with Crippen molar-refractivity contribution in [1.82, 2.24) is 5.32 Å². The van der Waals surface area contributed by atoms with Gasteiger partial charge in [-0.2, -0.15) is 0 Å². The molecule has 0 aliphatic carbocycles. The third-order valence-corrected chi connectivity index (χ3v) is 1.69. The van der Waals surface area contributed by atoms with Gasteiger partial charge in [-0.05, 0) is 40.8 Å². The van der Waals surface area contributed by atoms with Gasteiger partial charge in [0.05, 0.1) is 12.2 Å². The van der Waals surface area contributed by atoms with E-state index in [2.05, 4.69) is 5.32 Å². The van der Waals surface area contributed by atoms with E-state index in [1.807, 2.05) is 27.8 Å². The zero-order valence-corrected chi connectivity index (χ0v) is 10.3. The fraction of sp³-hybridized carbons (Fsp3) is 0.909. The molecule has 0 aliphatic rings. The second kappa shape index (κ2) is 7.65. The van der Waals surface area contributed by atoms with Crippen molar-refractivity contribution >= 4 is 5.97 Å². The number of ether oxygens (including phenoxy) is 2. The lowest BCUT2D eigenvalue weighted by Crippen LogP contribution is -2.22. The Morgan fingerprint density at radius 1 is 1.27 bits per heavy atom. The Morgan fingerprint density at radius 3 is 2.47 bits per heavy atom. The maximum absolute atomic E-state index is 11.1. The fourth-order valence-electron chi connectivity index (χ4n) is 0.985. The van der Waals surface area contributed by atoms with Crippen LogP contribution in [0, 0.1) is 0 Å². The van der Waals surface area contributed by atoms with Gasteiger partial charge in [-0.1, -0.05) is 0 Å². The van der Waals surface area contributed by atoms with Crippen LogP contribution < -0.4 is 5.32 Å². The smallest absolute Gasteiger partial charge is 0.305 e. The highest BCUT2D eigenvalue weighted by molar-refractivity contribution is 5.69. The molecular formula is C11H23NO3. The number of nitrogens with one attached hydrogen (secondary N) is 1. The van der Waals surface area contributed by atoms with Crippen molar-refractivity contribution in [3.05, 3.63) is 0 Å². The number of carbonyl (C=O) groups excluding carboxylic acids is 1. The normalized spacial score (nSPS) is 11.5. The first-order valence-electron chi connectivity index (χ1n) is 5.40. The monoisotopic (exact) mass is 217 g/mol. The van der Waals surface area contributed by atoms with E-state index in [9.17, 15) is 4.79 Å². The van der Waals surface area contributed by atoms with Gasteiger partial charge in [0.15, 0.2) is 0 Å². The van der Waals surface area contributed by atoms with E-state index in [0.29, 0.717) is 19.6 Å². The van der Waals surface area contributed by atoms with Crippen LogP contribution >= 0.6 is 0 Å². The molecule has 4 heteroatoms. The van der Waals surface area contributed by atoms with Gasteiger partial charge in [-0.15, -0.1) is 0 Å². The van der Waals surface area contributed by atoms with Gasteiger partial charge in [-0.3, -0.25) is 4.79 Å². The van der Waals surface area contributed by atoms with E-state index in [-0.39, 0.29) is 11.6 Å². The summed E-state index contributed by atoms with van der Waals surface area (Å²) in [6, 6.07) is 0. The summed E-state index contributed by atoms with van der Waals surface area (Å²) in [4.78, 5) is 11.1. The van der Waals surface area contributed by atoms with Crippen molar-refractivity contribution < 1.29 is 14.3 Å². The summed E-state index contributed by atoms with van der Waals surface area (Å²) < 4.78 is 10.4. The summed E-state index contributed by atoms with van der Waals surface area (Å²) in [6.07, 6.45) is 1.28. The third-order valence-electron chi connectivity index (χ3n) is 1.69. The first kappa shape index (κ1) is 14.4. The Balaban J connectivity index is 3.32. The molecule has 0 aromatic rings. The summed E-state index contributed by atoms with van der Waals surface area (Å²) >= 11 is 0. The average Bonchev–Trinajstić information content (AvgIpc) is 2.11. The summed E-state index contributed by atoms with van der Waals surface area (Å²) in [5.41, 5.74) is -0.168. The average molecular weight is 217 g/mol. The highest BCUT2D eigenvalue weighted by Gasteiger charge is 2.10. The van der Waals surface area contributed by atoms with E-state index in [1.165, 1.54) is 0 Å². The van der Waals surface area contributed by atoms with Gasteiger partial charge < -0.3 is 14.8 Å². The van der Waals surface area contributed by atoms with Crippen molar-refractivity contribution in [2.24, 2.45) is 0 Å². The molecular weight excluding hydrogens is 194 g/mol. The van der Waals surface area contributed by atoms with Gasteiger partial charge in [0, 0.05) is 6.42 Å². The quantitative estimate of drug-likeness (QED) is 0.516. The second-order valence-corrected chi connectivity index (χ2v) is 4.39. The maximum atomic E-state index is 11.1. The van der Waals surface area contributed by atoms with Crippen molar-refractivity contribution in [3.8, 4) is 0 Å². The number of hydrogen-bond donors (Lipinski definition) is 1. The van der Waals surface area contributed by atoms with Crippen LogP contribution in [0.2, 0.25) is 0 Å². The van der Waals surface area contributed by atoms with Crippen LogP contribution in [-0.2, 0) is 14.3 Å². The standard InChI is InChI=1S/C11H23NO3/c1-11(2,3)15-9-8-14-10(13)6-5-7-12-4/h12H,5-9H2,1-4H3. The Hall–Kier alpha value is -0.610. The van der Waals surface area contributed by atoms with Crippen LogP contribution in [0.4, 0.5) is 0 Å². The van der Waals surface area contributed by atoms with E-state index in [4.69, 9.17) is 9.47 Å². The van der Waals surface area contributed by atoms with Gasteiger partial charge in [0.25, 0.3) is 0 Å². The minimum Gasteiger partial charge on any atom is -0.463 e. The molecule has 0 fully saturated rings. The SMILES string of the molecule is CNCCCC(=O)OCCOC(C)(C)C. The number of rotatable bonds is 7. The molecule has 90 valence electrons. The van der Waals surface area contributed by atoms with E-state index >= 15 is 0 Å². The molecule has 0 unspecified atom stereocenters. The largest absolute Gasteiger partial charge is 0.463 e. The summed E-state index contributed by atoms with van der Waals surface area (Å²) in [6.45, 7) is 7.57. The molecule has 0 bridgehead atoms. The molecule has 0 atom stereocenters. The Labute approximate surface area is 92.3 Å². The van der Waals surface area contributed by atoms with E-state index in [1.54, 1.807) is 0 Å². The molecule has 1 N–H and O–H groups in total. The van der Waals surface area contributed by atoms with Gasteiger partial charge >= 0.3 is 5.97 Å². The fourth-order valence-corrected chi connectivity index (χ4v) is 0.985. The zero-order chi connectivity index (χ0) is 11.7. The first-order valence-corrected chi connectivity index (χ1v) is 5.40. The molecule has 0 saturated heterocycles. The lowest BCUT2D eigenvalue weighted by atomic mass is 10.2. The second-order valence-electron chi connectivity index (χ2n) is 4.39. The molecule has 0 heterocycles. The minimum atomic E-state index is -0.168. The predicted octanol–water partition coefficient (Wildman–Crippen LogP) is 1.34. The predicted molar refractivity (Wildman–Crippen MR) is 59.8 cm³/mol. The molecule has 0 aromatic heterocycles. The van der Waals surface area contributed by atoms with Crippen LogP contribution in [-0.4, -0.2) is 38.4 Å². The highest BCUT2D eigenvalue weighted by atomic mass is 16.6. The van der Waals surface area contributed by atoms with Gasteiger partial charge in [0.2, 0.25) is 0 Å². The molecule has 4 nitrogen and oxygen atoms in total. The van der Waals surface area contributed by atoms with Crippen molar-refractivity contribution in [3.63, 3.8) is 0 Å². The van der Waals surface area contributed by atoms with Crippen LogP contribution in [0.15, 0.2) is 0 Å². The molecule has 0 aromatic carbocycles. The van der Waals surface area contributed by atoms with Gasteiger partial charge in [0.1, 0.15) is 6.61 Å².